The fraction of sp³-hybridized carbons (Fsp3) is 0.429. The van der Waals surface area contributed by atoms with Crippen LogP contribution in [-0.2, 0) is 22.1 Å². The first kappa shape index (κ1) is 25.2. The van der Waals surface area contributed by atoms with E-state index in [9.17, 15) is 13.2 Å². The van der Waals surface area contributed by atoms with E-state index in [-0.39, 0.29) is 28.9 Å². The van der Waals surface area contributed by atoms with E-state index in [1.54, 1.807) is 6.20 Å². The first-order valence-electron chi connectivity index (χ1n) is 12.5. The molecule has 0 radical (unpaired) electrons. The minimum atomic E-state index is -3.66. The van der Waals surface area contributed by atoms with Gasteiger partial charge in [0.05, 0.1) is 24.2 Å². The standard InChI is InChI=1S/C28H35N3O3S/c1-21(2)30(27(32)26-17-11-10-12-22(26)3)19-25-18-29-28(31(25)24-15-8-5-9-16-24)35(33,34)20-23-13-6-4-7-14-23/h4,6-7,10-14,17-18,21,24H,5,8-9,15-16,19-20H2,1-3H3. The van der Waals surface area contributed by atoms with Crippen LogP contribution in [0.25, 0.3) is 0 Å². The monoisotopic (exact) mass is 493 g/mol. The average Bonchev–Trinajstić information content (AvgIpc) is 3.28. The van der Waals surface area contributed by atoms with Gasteiger partial charge >= 0.3 is 0 Å². The highest BCUT2D eigenvalue weighted by Gasteiger charge is 2.31. The van der Waals surface area contributed by atoms with Gasteiger partial charge < -0.3 is 9.47 Å². The molecule has 1 fully saturated rings. The van der Waals surface area contributed by atoms with E-state index in [2.05, 4.69) is 4.98 Å². The summed E-state index contributed by atoms with van der Waals surface area (Å²) in [6.45, 7) is 6.23. The van der Waals surface area contributed by atoms with E-state index in [0.29, 0.717) is 12.1 Å². The van der Waals surface area contributed by atoms with Gasteiger partial charge in [-0.2, -0.15) is 0 Å². The molecule has 186 valence electrons. The summed E-state index contributed by atoms with van der Waals surface area (Å²) in [5, 5.41) is 0.121. The van der Waals surface area contributed by atoms with E-state index >= 15 is 0 Å². The number of hydrogen-bond donors (Lipinski definition) is 0. The van der Waals surface area contributed by atoms with Crippen LogP contribution in [0.3, 0.4) is 0 Å². The number of benzene rings is 2. The van der Waals surface area contributed by atoms with Gasteiger partial charge in [0.2, 0.25) is 15.0 Å². The fourth-order valence-corrected chi connectivity index (χ4v) is 6.48. The Labute approximate surface area is 208 Å². The van der Waals surface area contributed by atoms with Crippen LogP contribution in [0.15, 0.2) is 66.0 Å². The lowest BCUT2D eigenvalue weighted by atomic mass is 9.95. The van der Waals surface area contributed by atoms with Crippen LogP contribution < -0.4 is 0 Å². The first-order valence-corrected chi connectivity index (χ1v) is 14.1. The van der Waals surface area contributed by atoms with Crippen LogP contribution >= 0.6 is 0 Å². The molecule has 1 heterocycles. The van der Waals surface area contributed by atoms with Crippen molar-refractivity contribution in [3.05, 3.63) is 83.2 Å². The minimum Gasteiger partial charge on any atom is -0.330 e. The molecule has 7 heteroatoms. The molecule has 1 saturated carbocycles. The largest absolute Gasteiger partial charge is 0.330 e. The van der Waals surface area contributed by atoms with Gasteiger partial charge in [-0.15, -0.1) is 0 Å². The van der Waals surface area contributed by atoms with E-state index in [0.717, 1.165) is 48.9 Å². The summed E-state index contributed by atoms with van der Waals surface area (Å²) in [6, 6.07) is 16.8. The number of sulfone groups is 1. The number of rotatable bonds is 8. The van der Waals surface area contributed by atoms with E-state index in [1.807, 2.05) is 84.8 Å². The third-order valence-corrected chi connectivity index (χ3v) is 8.42. The molecule has 0 unspecified atom stereocenters. The van der Waals surface area contributed by atoms with Crippen molar-refractivity contribution < 1.29 is 13.2 Å². The number of nitrogens with zero attached hydrogens (tertiary/aromatic N) is 3. The van der Waals surface area contributed by atoms with Gasteiger partial charge in [0, 0.05) is 17.6 Å². The number of hydrogen-bond acceptors (Lipinski definition) is 4. The number of carbonyl (C=O) groups is 1. The Balaban J connectivity index is 1.72. The van der Waals surface area contributed by atoms with Crippen molar-refractivity contribution in [3.63, 3.8) is 0 Å². The Hall–Kier alpha value is -2.93. The number of carbonyl (C=O) groups excluding carboxylic acids is 1. The zero-order valence-corrected chi connectivity index (χ0v) is 21.7. The highest BCUT2D eigenvalue weighted by atomic mass is 32.2. The van der Waals surface area contributed by atoms with Crippen molar-refractivity contribution >= 4 is 15.7 Å². The second-order valence-corrected chi connectivity index (χ2v) is 11.7. The van der Waals surface area contributed by atoms with Gasteiger partial charge in [-0.05, 0) is 50.8 Å². The molecular weight excluding hydrogens is 458 g/mol. The summed E-state index contributed by atoms with van der Waals surface area (Å²) in [6.07, 6.45) is 6.80. The molecule has 1 aromatic heterocycles. The molecule has 3 aromatic rings. The topological polar surface area (TPSA) is 72.3 Å². The van der Waals surface area contributed by atoms with Crippen LogP contribution in [-0.4, -0.2) is 34.8 Å². The lowest BCUT2D eigenvalue weighted by Crippen LogP contribution is -2.37. The van der Waals surface area contributed by atoms with Crippen LogP contribution in [0.2, 0.25) is 0 Å². The molecule has 35 heavy (non-hydrogen) atoms. The number of amides is 1. The molecule has 1 aliphatic rings. The predicted molar refractivity (Wildman–Crippen MR) is 138 cm³/mol. The lowest BCUT2D eigenvalue weighted by Gasteiger charge is -2.31. The highest BCUT2D eigenvalue weighted by molar-refractivity contribution is 7.90. The molecule has 0 aliphatic heterocycles. The van der Waals surface area contributed by atoms with Gasteiger partial charge in [0.15, 0.2) is 0 Å². The minimum absolute atomic E-state index is 0.0526. The van der Waals surface area contributed by atoms with Gasteiger partial charge in [-0.3, -0.25) is 4.79 Å². The van der Waals surface area contributed by atoms with Crippen LogP contribution in [0, 0.1) is 6.92 Å². The normalized spacial score (nSPS) is 14.9. The predicted octanol–water partition coefficient (Wildman–Crippen LogP) is 5.72. The third-order valence-electron chi connectivity index (χ3n) is 6.85. The quantitative estimate of drug-likeness (QED) is 0.402. The Morgan fingerprint density at radius 2 is 1.69 bits per heavy atom. The van der Waals surface area contributed by atoms with Gasteiger partial charge in [0.1, 0.15) is 0 Å². The fourth-order valence-electron chi connectivity index (χ4n) is 4.94. The summed E-state index contributed by atoms with van der Waals surface area (Å²) < 4.78 is 29.0. The third kappa shape index (κ3) is 5.67. The molecule has 1 aliphatic carbocycles. The molecule has 2 aromatic carbocycles. The van der Waals surface area contributed by atoms with Crippen LogP contribution in [0.1, 0.15) is 79.2 Å². The Morgan fingerprint density at radius 3 is 2.34 bits per heavy atom. The second-order valence-electron chi connectivity index (χ2n) is 9.78. The maximum absolute atomic E-state index is 13.5. The highest BCUT2D eigenvalue weighted by Crippen LogP contribution is 2.33. The van der Waals surface area contributed by atoms with Crippen molar-refractivity contribution in [1.29, 1.82) is 0 Å². The summed E-state index contributed by atoms with van der Waals surface area (Å²) in [5.41, 5.74) is 3.11. The van der Waals surface area contributed by atoms with Gasteiger partial charge in [0.25, 0.3) is 5.91 Å². The molecule has 0 atom stereocenters. The van der Waals surface area contributed by atoms with E-state index in [4.69, 9.17) is 0 Å². The molecule has 4 rings (SSSR count). The maximum atomic E-state index is 13.5. The lowest BCUT2D eigenvalue weighted by molar-refractivity contribution is 0.0682. The molecule has 1 amide bonds. The zero-order chi connectivity index (χ0) is 25.0. The smallest absolute Gasteiger partial charge is 0.254 e. The van der Waals surface area contributed by atoms with E-state index in [1.165, 1.54) is 0 Å². The zero-order valence-electron chi connectivity index (χ0n) is 20.9. The summed E-state index contributed by atoms with van der Waals surface area (Å²) >= 11 is 0. The van der Waals surface area contributed by atoms with Crippen molar-refractivity contribution in [2.24, 2.45) is 0 Å². The van der Waals surface area contributed by atoms with Gasteiger partial charge in [-0.1, -0.05) is 67.8 Å². The van der Waals surface area contributed by atoms with Crippen molar-refractivity contribution in [3.8, 4) is 0 Å². The number of aryl methyl sites for hydroxylation is 1. The molecule has 0 spiro atoms. The molecule has 0 bridgehead atoms. The van der Waals surface area contributed by atoms with Crippen molar-refractivity contribution in [2.75, 3.05) is 0 Å². The van der Waals surface area contributed by atoms with Crippen molar-refractivity contribution in [1.82, 2.24) is 14.5 Å². The molecule has 0 saturated heterocycles. The summed E-state index contributed by atoms with van der Waals surface area (Å²) in [7, 11) is -3.66. The Kier molecular flexibility index (Phi) is 7.75. The second kappa shape index (κ2) is 10.8. The Bertz CT molecular complexity index is 1260. The Morgan fingerprint density at radius 1 is 1.03 bits per heavy atom. The maximum Gasteiger partial charge on any atom is 0.254 e. The SMILES string of the molecule is Cc1ccccc1C(=O)N(Cc1cnc(S(=O)(=O)Cc2ccccc2)n1C1CCCCC1)C(C)C. The van der Waals surface area contributed by atoms with Crippen LogP contribution in [0.5, 0.6) is 0 Å². The molecule has 0 N–H and O–H groups in total. The van der Waals surface area contributed by atoms with Crippen LogP contribution in [0.4, 0.5) is 0 Å². The van der Waals surface area contributed by atoms with Gasteiger partial charge in [-0.25, -0.2) is 13.4 Å². The summed E-state index contributed by atoms with van der Waals surface area (Å²) in [5.74, 6) is -0.143. The van der Waals surface area contributed by atoms with E-state index < -0.39 is 9.84 Å². The summed E-state index contributed by atoms with van der Waals surface area (Å²) in [4.78, 5) is 19.8. The molecule has 6 nitrogen and oxygen atoms in total. The number of aromatic nitrogens is 2. The first-order chi connectivity index (χ1) is 16.8. The number of imidazole rings is 1. The average molecular weight is 494 g/mol. The van der Waals surface area contributed by atoms with Crippen molar-refractivity contribution in [2.45, 2.75) is 82.4 Å². The molecular formula is C28H35N3O3S.